The fraction of sp³-hybridized carbons (Fsp3) is 0.500. The molecule has 0 unspecified atom stereocenters. The van der Waals surface area contributed by atoms with Crippen molar-refractivity contribution in [3.8, 4) is 0 Å². The number of carbonyl (C=O) groups is 2. The molecule has 10 heteroatoms. The average Bonchev–Trinajstić information content (AvgIpc) is 3.09. The minimum atomic E-state index is -0.380. The fourth-order valence-electron chi connectivity index (χ4n) is 3.46. The summed E-state index contributed by atoms with van der Waals surface area (Å²) in [6.07, 6.45) is 5.72. The van der Waals surface area contributed by atoms with Crippen molar-refractivity contribution in [2.45, 2.75) is 56.3 Å². The summed E-state index contributed by atoms with van der Waals surface area (Å²) in [7, 11) is 1.82. The van der Waals surface area contributed by atoms with Gasteiger partial charge in [0.05, 0.1) is 21.8 Å². The highest BCUT2D eigenvalue weighted by atomic mass is 35.5. The van der Waals surface area contributed by atoms with Crippen molar-refractivity contribution >= 4 is 46.8 Å². The molecule has 162 valence electrons. The lowest BCUT2D eigenvalue weighted by atomic mass is 9.95. The third kappa shape index (κ3) is 5.89. The number of rotatable bonds is 7. The summed E-state index contributed by atoms with van der Waals surface area (Å²) in [5.41, 5.74) is 0.410. The van der Waals surface area contributed by atoms with Gasteiger partial charge in [0.25, 0.3) is 5.91 Å². The van der Waals surface area contributed by atoms with Gasteiger partial charge in [-0.1, -0.05) is 54.2 Å². The molecular weight excluding hydrogens is 445 g/mol. The maximum Gasteiger partial charge on any atom is 0.251 e. The van der Waals surface area contributed by atoms with Crippen LogP contribution < -0.4 is 10.6 Å². The second kappa shape index (κ2) is 10.5. The summed E-state index contributed by atoms with van der Waals surface area (Å²) >= 11 is 13.2. The van der Waals surface area contributed by atoms with Gasteiger partial charge in [-0.3, -0.25) is 9.59 Å². The fourth-order valence-corrected chi connectivity index (χ4v) is 4.48. The first-order valence-corrected chi connectivity index (χ1v) is 11.7. The van der Waals surface area contributed by atoms with Crippen molar-refractivity contribution in [1.82, 2.24) is 25.4 Å². The Hall–Kier alpha value is -1.77. The largest absolute Gasteiger partial charge is 0.353 e. The highest BCUT2D eigenvalue weighted by Crippen LogP contribution is 2.24. The van der Waals surface area contributed by atoms with Crippen molar-refractivity contribution in [2.24, 2.45) is 7.05 Å². The van der Waals surface area contributed by atoms with Crippen LogP contribution in [0.4, 0.5) is 0 Å². The number of benzene rings is 1. The molecule has 1 aromatic carbocycles. The van der Waals surface area contributed by atoms with Crippen LogP contribution in [0.1, 0.15) is 61.3 Å². The van der Waals surface area contributed by atoms with Crippen LogP contribution in [-0.4, -0.2) is 38.4 Å². The van der Waals surface area contributed by atoms with Gasteiger partial charge in [-0.25, -0.2) is 0 Å². The van der Waals surface area contributed by atoms with Gasteiger partial charge in [-0.15, -0.1) is 10.2 Å². The second-order valence-corrected chi connectivity index (χ2v) is 9.17. The summed E-state index contributed by atoms with van der Waals surface area (Å²) in [6.45, 7) is 1.82. The van der Waals surface area contributed by atoms with Crippen molar-refractivity contribution in [3.63, 3.8) is 0 Å². The Balaban J connectivity index is 1.55. The third-order valence-electron chi connectivity index (χ3n) is 5.09. The number of thioether (sulfide) groups is 1. The first-order valence-electron chi connectivity index (χ1n) is 9.92. The van der Waals surface area contributed by atoms with E-state index >= 15 is 0 Å². The topological polar surface area (TPSA) is 88.9 Å². The van der Waals surface area contributed by atoms with E-state index < -0.39 is 0 Å². The van der Waals surface area contributed by atoms with Crippen LogP contribution in [0.2, 0.25) is 10.0 Å². The molecule has 1 aromatic heterocycles. The van der Waals surface area contributed by atoms with Gasteiger partial charge in [0, 0.05) is 18.7 Å². The maximum absolute atomic E-state index is 12.5. The minimum absolute atomic E-state index is 0.0115. The smallest absolute Gasteiger partial charge is 0.251 e. The zero-order chi connectivity index (χ0) is 21.7. The molecule has 1 saturated carbocycles. The molecule has 0 aliphatic heterocycles. The molecule has 3 rings (SSSR count). The number of amides is 2. The molecule has 1 heterocycles. The van der Waals surface area contributed by atoms with Gasteiger partial charge in [0.15, 0.2) is 11.0 Å². The number of hydrogen-bond acceptors (Lipinski definition) is 5. The first-order chi connectivity index (χ1) is 14.3. The number of carbonyl (C=O) groups excluding carboxylic acids is 2. The predicted molar refractivity (Wildman–Crippen MR) is 119 cm³/mol. The quantitative estimate of drug-likeness (QED) is 0.594. The molecule has 2 aromatic rings. The second-order valence-electron chi connectivity index (χ2n) is 7.41. The van der Waals surface area contributed by atoms with E-state index in [4.69, 9.17) is 23.2 Å². The first kappa shape index (κ1) is 22.9. The normalized spacial score (nSPS) is 15.6. The molecule has 1 fully saturated rings. The number of nitrogens with zero attached hydrogens (tertiary/aromatic N) is 3. The molecule has 2 N–H and O–H groups in total. The van der Waals surface area contributed by atoms with Gasteiger partial charge in [0.1, 0.15) is 0 Å². The summed E-state index contributed by atoms with van der Waals surface area (Å²) < 4.78 is 1.79. The lowest BCUT2D eigenvalue weighted by molar-refractivity contribution is -0.119. The molecule has 0 radical (unpaired) electrons. The molecule has 1 atom stereocenters. The van der Waals surface area contributed by atoms with Gasteiger partial charge in [0.2, 0.25) is 5.91 Å². The lowest BCUT2D eigenvalue weighted by Crippen LogP contribution is -2.37. The van der Waals surface area contributed by atoms with Crippen LogP contribution >= 0.6 is 35.0 Å². The third-order valence-corrected chi connectivity index (χ3v) is 6.85. The highest BCUT2D eigenvalue weighted by Gasteiger charge is 2.20. The monoisotopic (exact) mass is 469 g/mol. The Labute approximate surface area is 190 Å². The Morgan fingerprint density at radius 1 is 1.20 bits per heavy atom. The number of nitrogens with one attached hydrogen (secondary N) is 2. The van der Waals surface area contributed by atoms with Crippen molar-refractivity contribution < 1.29 is 9.59 Å². The van der Waals surface area contributed by atoms with Crippen LogP contribution in [0.5, 0.6) is 0 Å². The molecule has 0 saturated heterocycles. The molecule has 1 aliphatic rings. The van der Waals surface area contributed by atoms with E-state index in [0.717, 1.165) is 12.8 Å². The van der Waals surface area contributed by atoms with Crippen LogP contribution in [0.25, 0.3) is 0 Å². The molecular formula is C20H25Cl2N5O2S. The summed E-state index contributed by atoms with van der Waals surface area (Å²) in [5.74, 6) is 0.605. The van der Waals surface area contributed by atoms with Gasteiger partial charge in [-0.05, 0) is 38.0 Å². The SMILES string of the molecule is C[C@@H](NC(=O)c1ccc(Cl)c(Cl)c1)c1nnc(SCC(=O)NC2CCCCC2)n1C. The van der Waals surface area contributed by atoms with Crippen LogP contribution in [0, 0.1) is 0 Å². The Kier molecular flexibility index (Phi) is 8.02. The van der Waals surface area contributed by atoms with Crippen LogP contribution in [0.3, 0.4) is 0 Å². The zero-order valence-corrected chi connectivity index (χ0v) is 19.3. The number of hydrogen-bond donors (Lipinski definition) is 2. The molecule has 30 heavy (non-hydrogen) atoms. The van der Waals surface area contributed by atoms with E-state index in [1.54, 1.807) is 16.7 Å². The minimum Gasteiger partial charge on any atom is -0.353 e. The van der Waals surface area contributed by atoms with Crippen molar-refractivity contribution in [3.05, 3.63) is 39.6 Å². The molecule has 1 aliphatic carbocycles. The Morgan fingerprint density at radius 2 is 1.93 bits per heavy atom. The van der Waals surface area contributed by atoms with Gasteiger partial charge in [-0.2, -0.15) is 0 Å². The Morgan fingerprint density at radius 3 is 2.63 bits per heavy atom. The van der Waals surface area contributed by atoms with Crippen molar-refractivity contribution in [2.75, 3.05) is 5.75 Å². The van der Waals surface area contributed by atoms with E-state index in [1.165, 1.54) is 37.1 Å². The van der Waals surface area contributed by atoms with E-state index in [9.17, 15) is 9.59 Å². The van der Waals surface area contributed by atoms with Crippen LogP contribution in [-0.2, 0) is 11.8 Å². The van der Waals surface area contributed by atoms with E-state index in [2.05, 4.69) is 20.8 Å². The summed E-state index contributed by atoms with van der Waals surface area (Å²) in [4.78, 5) is 24.7. The summed E-state index contributed by atoms with van der Waals surface area (Å²) in [5, 5.41) is 15.7. The van der Waals surface area contributed by atoms with Crippen molar-refractivity contribution in [1.29, 1.82) is 0 Å². The molecule has 7 nitrogen and oxygen atoms in total. The van der Waals surface area contributed by atoms with E-state index in [-0.39, 0.29) is 23.6 Å². The zero-order valence-electron chi connectivity index (χ0n) is 17.0. The van der Waals surface area contributed by atoms with E-state index in [0.29, 0.717) is 32.6 Å². The lowest BCUT2D eigenvalue weighted by Gasteiger charge is -2.22. The predicted octanol–water partition coefficient (Wildman–Crippen LogP) is 4.15. The van der Waals surface area contributed by atoms with Gasteiger partial charge >= 0.3 is 0 Å². The average molecular weight is 470 g/mol. The number of halogens is 2. The molecule has 0 bridgehead atoms. The summed E-state index contributed by atoms with van der Waals surface area (Å²) in [6, 6.07) is 4.63. The molecule has 0 spiro atoms. The standard InChI is InChI=1S/C20H25Cl2N5O2S/c1-12(23-19(29)13-8-9-15(21)16(22)10-13)18-25-26-20(27(18)2)30-11-17(28)24-14-6-4-3-5-7-14/h8-10,12,14H,3-7,11H2,1-2H3,(H,23,29)(H,24,28)/t12-/m1/s1. The van der Waals surface area contributed by atoms with E-state index in [1.807, 2.05) is 14.0 Å². The Bertz CT molecular complexity index is 915. The highest BCUT2D eigenvalue weighted by molar-refractivity contribution is 7.99. The van der Waals surface area contributed by atoms with Crippen LogP contribution in [0.15, 0.2) is 23.4 Å². The molecule has 2 amide bonds. The van der Waals surface area contributed by atoms with Gasteiger partial charge < -0.3 is 15.2 Å². The maximum atomic E-state index is 12.5. The number of aromatic nitrogens is 3.